The highest BCUT2D eigenvalue weighted by Crippen LogP contribution is 2.24. The molecule has 0 aromatic rings. The van der Waals surface area contributed by atoms with Gasteiger partial charge in [-0.15, -0.1) is 0 Å². The van der Waals surface area contributed by atoms with E-state index in [2.05, 4.69) is 28.7 Å². The van der Waals surface area contributed by atoms with E-state index in [1.165, 1.54) is 14.2 Å². The lowest BCUT2D eigenvalue weighted by molar-refractivity contribution is -0.919. The van der Waals surface area contributed by atoms with E-state index in [0.29, 0.717) is 12.8 Å². The Balaban J connectivity index is 2.57. The maximum atomic E-state index is 11.3. The quantitative estimate of drug-likeness (QED) is 0.397. The summed E-state index contributed by atoms with van der Waals surface area (Å²) in [4.78, 5) is 22.6. The first-order valence-corrected chi connectivity index (χ1v) is 6.64. The number of rotatable bonds is 7. The topological polar surface area (TPSA) is 52.6 Å². The average Bonchev–Trinajstić information content (AvgIpc) is 2.85. The first-order chi connectivity index (χ1) is 9.01. The number of hydrogen-bond acceptors (Lipinski definition) is 4. The van der Waals surface area contributed by atoms with E-state index in [1.807, 2.05) is 0 Å². The summed E-state index contributed by atoms with van der Waals surface area (Å²) in [6.45, 7) is 1.90. The maximum absolute atomic E-state index is 11.3. The Labute approximate surface area is 114 Å². The van der Waals surface area contributed by atoms with Gasteiger partial charge in [0, 0.05) is 12.8 Å². The van der Waals surface area contributed by atoms with Gasteiger partial charge in [-0.3, -0.25) is 9.59 Å². The summed E-state index contributed by atoms with van der Waals surface area (Å²) in [5.74, 6) is -0.386. The SMILES string of the molecule is COC(=O)CCC(CCC(=O)OC)[N+]1(C)CC=CC1. The van der Waals surface area contributed by atoms with Crippen molar-refractivity contribution in [1.29, 1.82) is 0 Å². The molecule has 0 saturated carbocycles. The minimum atomic E-state index is -0.193. The number of quaternary nitrogens is 1. The number of nitrogens with zero attached hydrogens (tertiary/aromatic N) is 1. The molecule has 1 aliphatic rings. The Bertz CT molecular complexity index is 323. The van der Waals surface area contributed by atoms with Crippen LogP contribution in [0.15, 0.2) is 12.2 Å². The fourth-order valence-electron chi connectivity index (χ4n) is 2.54. The predicted molar refractivity (Wildman–Crippen MR) is 71.3 cm³/mol. The highest BCUT2D eigenvalue weighted by atomic mass is 16.5. The average molecular weight is 270 g/mol. The molecule has 5 heteroatoms. The second-order valence-corrected chi connectivity index (χ2v) is 5.20. The van der Waals surface area contributed by atoms with Gasteiger partial charge in [0.05, 0.1) is 53.2 Å². The molecule has 0 unspecified atom stereocenters. The zero-order valence-electron chi connectivity index (χ0n) is 12.1. The first-order valence-electron chi connectivity index (χ1n) is 6.64. The summed E-state index contributed by atoms with van der Waals surface area (Å²) in [6.07, 6.45) is 6.59. The van der Waals surface area contributed by atoms with Crippen LogP contribution in [0.25, 0.3) is 0 Å². The van der Waals surface area contributed by atoms with E-state index in [0.717, 1.165) is 30.4 Å². The highest BCUT2D eigenvalue weighted by Gasteiger charge is 2.33. The van der Waals surface area contributed by atoms with Gasteiger partial charge in [-0.2, -0.15) is 0 Å². The molecule has 1 heterocycles. The third-order valence-electron chi connectivity index (χ3n) is 3.91. The molecule has 0 aromatic heterocycles. The van der Waals surface area contributed by atoms with Crippen molar-refractivity contribution in [2.24, 2.45) is 0 Å². The van der Waals surface area contributed by atoms with Crippen molar-refractivity contribution in [3.05, 3.63) is 12.2 Å². The van der Waals surface area contributed by atoms with Crippen LogP contribution >= 0.6 is 0 Å². The summed E-state index contributed by atoms with van der Waals surface area (Å²) < 4.78 is 10.2. The molecule has 0 atom stereocenters. The van der Waals surface area contributed by atoms with Gasteiger partial charge in [0.1, 0.15) is 0 Å². The molecule has 1 rings (SSSR count). The molecule has 19 heavy (non-hydrogen) atoms. The lowest BCUT2D eigenvalue weighted by Crippen LogP contribution is -2.50. The molecule has 0 bridgehead atoms. The summed E-state index contributed by atoms with van der Waals surface area (Å²) in [5.41, 5.74) is 0. The Kier molecular flexibility index (Phi) is 6.02. The number of likely N-dealkylation sites (N-methyl/N-ethyl adjacent to an activating group) is 1. The van der Waals surface area contributed by atoms with Crippen LogP contribution in [0.1, 0.15) is 25.7 Å². The molecule has 0 saturated heterocycles. The second kappa shape index (κ2) is 7.28. The summed E-state index contributed by atoms with van der Waals surface area (Å²) >= 11 is 0. The smallest absolute Gasteiger partial charge is 0.305 e. The minimum Gasteiger partial charge on any atom is -0.469 e. The number of esters is 2. The van der Waals surface area contributed by atoms with Crippen LogP contribution in [0.4, 0.5) is 0 Å². The largest absolute Gasteiger partial charge is 0.469 e. The van der Waals surface area contributed by atoms with Gasteiger partial charge in [0.15, 0.2) is 0 Å². The third kappa shape index (κ3) is 4.67. The molecule has 0 aromatic carbocycles. The molecule has 0 aliphatic carbocycles. The number of carbonyl (C=O) groups excluding carboxylic acids is 2. The standard InChI is InChI=1S/C14H24NO4/c1-15(10-4-5-11-15)12(6-8-13(16)18-2)7-9-14(17)19-3/h4-5,12H,6-11H2,1-3H3/q+1. The van der Waals surface area contributed by atoms with Crippen LogP contribution in [0.5, 0.6) is 0 Å². The second-order valence-electron chi connectivity index (χ2n) is 5.20. The van der Waals surface area contributed by atoms with E-state index in [4.69, 9.17) is 0 Å². The molecule has 0 radical (unpaired) electrons. The van der Waals surface area contributed by atoms with Gasteiger partial charge in [-0.05, 0) is 12.2 Å². The molecular weight excluding hydrogens is 246 g/mol. The van der Waals surface area contributed by atoms with Crippen LogP contribution in [0.3, 0.4) is 0 Å². The van der Waals surface area contributed by atoms with Gasteiger partial charge < -0.3 is 14.0 Å². The molecule has 0 fully saturated rings. The molecule has 0 amide bonds. The number of carbonyl (C=O) groups is 2. The summed E-state index contributed by atoms with van der Waals surface area (Å²) in [7, 11) is 4.97. The van der Waals surface area contributed by atoms with Crippen LogP contribution in [-0.4, -0.2) is 56.8 Å². The van der Waals surface area contributed by atoms with Crippen LogP contribution in [-0.2, 0) is 19.1 Å². The molecule has 0 N–H and O–H groups in total. The van der Waals surface area contributed by atoms with E-state index in [-0.39, 0.29) is 18.0 Å². The van der Waals surface area contributed by atoms with Crippen LogP contribution in [0, 0.1) is 0 Å². The minimum absolute atomic E-state index is 0.193. The summed E-state index contributed by atoms with van der Waals surface area (Å²) in [6, 6.07) is 0.271. The third-order valence-corrected chi connectivity index (χ3v) is 3.91. The summed E-state index contributed by atoms with van der Waals surface area (Å²) in [5, 5.41) is 0. The number of methoxy groups -OCH3 is 2. The van der Waals surface area contributed by atoms with Crippen molar-refractivity contribution >= 4 is 11.9 Å². The van der Waals surface area contributed by atoms with Crippen LogP contribution in [0.2, 0.25) is 0 Å². The lowest BCUT2D eigenvalue weighted by Gasteiger charge is -2.38. The Morgan fingerprint density at radius 1 is 1.05 bits per heavy atom. The predicted octanol–water partition coefficient (Wildman–Crippen LogP) is 1.28. The molecular formula is C14H24NO4+. The van der Waals surface area contributed by atoms with E-state index in [1.54, 1.807) is 0 Å². The van der Waals surface area contributed by atoms with Crippen molar-refractivity contribution in [2.45, 2.75) is 31.7 Å². The van der Waals surface area contributed by atoms with Crippen LogP contribution < -0.4 is 0 Å². The molecule has 1 aliphatic heterocycles. The van der Waals surface area contributed by atoms with E-state index in [9.17, 15) is 9.59 Å². The van der Waals surface area contributed by atoms with Gasteiger partial charge in [-0.1, -0.05) is 0 Å². The first kappa shape index (κ1) is 15.7. The zero-order chi connectivity index (χ0) is 14.3. The van der Waals surface area contributed by atoms with Gasteiger partial charge >= 0.3 is 11.9 Å². The highest BCUT2D eigenvalue weighted by molar-refractivity contribution is 5.69. The van der Waals surface area contributed by atoms with Crippen molar-refractivity contribution in [2.75, 3.05) is 34.4 Å². The maximum Gasteiger partial charge on any atom is 0.305 e. The number of hydrogen-bond donors (Lipinski definition) is 0. The Hall–Kier alpha value is -1.36. The molecule has 0 spiro atoms. The van der Waals surface area contributed by atoms with Gasteiger partial charge in [0.2, 0.25) is 0 Å². The van der Waals surface area contributed by atoms with Gasteiger partial charge in [-0.25, -0.2) is 0 Å². The van der Waals surface area contributed by atoms with E-state index >= 15 is 0 Å². The van der Waals surface area contributed by atoms with Crippen molar-refractivity contribution in [3.63, 3.8) is 0 Å². The zero-order valence-corrected chi connectivity index (χ0v) is 12.1. The van der Waals surface area contributed by atoms with Crippen molar-refractivity contribution in [3.8, 4) is 0 Å². The van der Waals surface area contributed by atoms with E-state index < -0.39 is 0 Å². The number of ether oxygens (including phenoxy) is 2. The molecule has 108 valence electrons. The lowest BCUT2D eigenvalue weighted by atomic mass is 10.0. The fourth-order valence-corrected chi connectivity index (χ4v) is 2.54. The van der Waals surface area contributed by atoms with Gasteiger partial charge in [0.25, 0.3) is 0 Å². The Morgan fingerprint density at radius 2 is 1.47 bits per heavy atom. The fraction of sp³-hybridized carbons (Fsp3) is 0.714. The monoisotopic (exact) mass is 270 g/mol. The molecule has 5 nitrogen and oxygen atoms in total. The normalized spacial score (nSPS) is 16.6. The van der Waals surface area contributed by atoms with Crippen molar-refractivity contribution in [1.82, 2.24) is 0 Å². The Morgan fingerprint density at radius 3 is 1.84 bits per heavy atom. The van der Waals surface area contributed by atoms with Crippen molar-refractivity contribution < 1.29 is 23.5 Å².